The summed E-state index contributed by atoms with van der Waals surface area (Å²) in [6, 6.07) is 2.63. The molecule has 1 amide bonds. The van der Waals surface area contributed by atoms with Crippen LogP contribution in [0.25, 0.3) is 0 Å². The molecule has 0 radical (unpaired) electrons. The lowest BCUT2D eigenvalue weighted by molar-refractivity contribution is -0.297. The standard InChI is InChI=1S/C15H17F3N2O3/c16-15(17,18)14(22)9-11(10-5-2-1-3-6-10)19-20(14)13(21)12-7-4-8-23-12/h4,7-8,10,22H,1-3,5-6,9H2/t14-/m0/s1. The number of carbonyl (C=O) groups excluding carboxylic acids is 1. The van der Waals surface area contributed by atoms with Crippen LogP contribution in [0.5, 0.6) is 0 Å². The van der Waals surface area contributed by atoms with Crippen molar-refractivity contribution in [1.29, 1.82) is 0 Å². The second kappa shape index (κ2) is 5.67. The SMILES string of the molecule is O=C(c1ccco1)N1N=C(C2CCCCC2)C[C@]1(O)C(F)(F)F. The second-order valence-electron chi connectivity index (χ2n) is 6.01. The van der Waals surface area contributed by atoms with Gasteiger partial charge in [-0.2, -0.15) is 23.3 Å². The number of furan rings is 1. The van der Waals surface area contributed by atoms with Gasteiger partial charge in [-0.3, -0.25) is 4.79 Å². The number of hydrogen-bond acceptors (Lipinski definition) is 4. The van der Waals surface area contributed by atoms with E-state index in [1.165, 1.54) is 18.4 Å². The molecule has 1 saturated carbocycles. The molecule has 1 N–H and O–H groups in total. The van der Waals surface area contributed by atoms with Crippen LogP contribution in [0.15, 0.2) is 27.9 Å². The molecule has 2 heterocycles. The Hall–Kier alpha value is -1.83. The van der Waals surface area contributed by atoms with Crippen molar-refractivity contribution in [1.82, 2.24) is 5.01 Å². The van der Waals surface area contributed by atoms with Crippen molar-refractivity contribution in [2.24, 2.45) is 11.0 Å². The van der Waals surface area contributed by atoms with Crippen molar-refractivity contribution in [2.45, 2.75) is 50.4 Å². The highest BCUT2D eigenvalue weighted by Crippen LogP contribution is 2.43. The smallest absolute Gasteiger partial charge is 0.438 e. The molecule has 1 atom stereocenters. The van der Waals surface area contributed by atoms with Gasteiger partial charge in [0.1, 0.15) is 0 Å². The second-order valence-corrected chi connectivity index (χ2v) is 6.01. The summed E-state index contributed by atoms with van der Waals surface area (Å²) in [5.41, 5.74) is -3.08. The largest absolute Gasteiger partial charge is 0.459 e. The zero-order valence-electron chi connectivity index (χ0n) is 12.3. The van der Waals surface area contributed by atoms with Crippen molar-refractivity contribution >= 4 is 11.6 Å². The van der Waals surface area contributed by atoms with Crippen molar-refractivity contribution < 1.29 is 27.5 Å². The first kappa shape index (κ1) is 16.0. The summed E-state index contributed by atoms with van der Waals surface area (Å²) in [4.78, 5) is 12.3. The molecule has 23 heavy (non-hydrogen) atoms. The first-order valence-corrected chi connectivity index (χ1v) is 7.57. The average molecular weight is 330 g/mol. The number of amides is 1. The first-order valence-electron chi connectivity index (χ1n) is 7.57. The van der Waals surface area contributed by atoms with Crippen LogP contribution in [0.3, 0.4) is 0 Å². The minimum Gasteiger partial charge on any atom is -0.459 e. The maximum atomic E-state index is 13.4. The highest BCUT2D eigenvalue weighted by molar-refractivity contribution is 5.97. The van der Waals surface area contributed by atoms with E-state index in [2.05, 4.69) is 5.10 Å². The van der Waals surface area contributed by atoms with Crippen LogP contribution in [0.4, 0.5) is 13.2 Å². The summed E-state index contributed by atoms with van der Waals surface area (Å²) in [7, 11) is 0. The predicted octanol–water partition coefficient (Wildman–Crippen LogP) is 3.31. The van der Waals surface area contributed by atoms with Gasteiger partial charge >= 0.3 is 12.1 Å². The molecular formula is C15H17F3N2O3. The highest BCUT2D eigenvalue weighted by Gasteiger charge is 2.64. The van der Waals surface area contributed by atoms with Crippen molar-refractivity contribution in [3.05, 3.63) is 24.2 Å². The van der Waals surface area contributed by atoms with Gasteiger partial charge in [-0.1, -0.05) is 19.3 Å². The monoisotopic (exact) mass is 330 g/mol. The topological polar surface area (TPSA) is 66.0 Å². The molecule has 0 bridgehead atoms. The van der Waals surface area contributed by atoms with E-state index < -0.39 is 24.2 Å². The van der Waals surface area contributed by atoms with Crippen molar-refractivity contribution in [3.8, 4) is 0 Å². The number of halogens is 3. The van der Waals surface area contributed by atoms with E-state index in [0.29, 0.717) is 0 Å². The zero-order chi connectivity index (χ0) is 16.7. The molecule has 0 unspecified atom stereocenters. The molecule has 1 aliphatic heterocycles. The number of hydrogen-bond donors (Lipinski definition) is 1. The lowest BCUT2D eigenvalue weighted by atomic mass is 9.83. The Morgan fingerprint density at radius 2 is 2.04 bits per heavy atom. The molecule has 1 fully saturated rings. The molecule has 0 aromatic carbocycles. The third-order valence-corrected chi connectivity index (χ3v) is 4.46. The Morgan fingerprint density at radius 3 is 2.61 bits per heavy atom. The van der Waals surface area contributed by atoms with Gasteiger partial charge in [0.15, 0.2) is 5.76 Å². The third-order valence-electron chi connectivity index (χ3n) is 4.46. The molecular weight excluding hydrogens is 313 g/mol. The summed E-state index contributed by atoms with van der Waals surface area (Å²) in [5, 5.41) is 14.2. The van der Waals surface area contributed by atoms with Crippen LogP contribution < -0.4 is 0 Å². The van der Waals surface area contributed by atoms with Gasteiger partial charge < -0.3 is 9.52 Å². The van der Waals surface area contributed by atoms with E-state index in [9.17, 15) is 23.1 Å². The Balaban J connectivity index is 1.93. The number of carbonyl (C=O) groups is 1. The molecule has 0 saturated heterocycles. The molecule has 1 aromatic heterocycles. The molecule has 1 aromatic rings. The molecule has 8 heteroatoms. The van der Waals surface area contributed by atoms with Crippen LogP contribution in [-0.4, -0.2) is 33.6 Å². The Bertz CT molecular complexity index is 606. The molecule has 3 rings (SSSR count). The Labute approximate surface area is 130 Å². The van der Waals surface area contributed by atoms with Crippen LogP contribution in [0.2, 0.25) is 0 Å². The summed E-state index contributed by atoms with van der Waals surface area (Å²) < 4.78 is 45.0. The summed E-state index contributed by atoms with van der Waals surface area (Å²) in [5.74, 6) is -1.51. The zero-order valence-corrected chi connectivity index (χ0v) is 12.3. The van der Waals surface area contributed by atoms with Crippen LogP contribution in [0, 0.1) is 5.92 Å². The van der Waals surface area contributed by atoms with Gasteiger partial charge in [-0.25, -0.2) is 0 Å². The van der Waals surface area contributed by atoms with E-state index in [4.69, 9.17) is 4.42 Å². The van der Waals surface area contributed by atoms with Crippen molar-refractivity contribution in [2.75, 3.05) is 0 Å². The average Bonchev–Trinajstić information content (AvgIpc) is 3.15. The van der Waals surface area contributed by atoms with Gasteiger partial charge in [0.05, 0.1) is 6.26 Å². The molecule has 126 valence electrons. The minimum absolute atomic E-state index is 0.118. The molecule has 0 spiro atoms. The van der Waals surface area contributed by atoms with E-state index in [1.807, 2.05) is 0 Å². The normalized spacial score (nSPS) is 26.4. The number of aliphatic hydroxyl groups is 1. The summed E-state index contributed by atoms with van der Waals surface area (Å²) >= 11 is 0. The number of alkyl halides is 3. The summed E-state index contributed by atoms with van der Waals surface area (Å²) in [6.07, 6.45) is -0.182. The lowest BCUT2D eigenvalue weighted by Gasteiger charge is -2.32. The highest BCUT2D eigenvalue weighted by atomic mass is 19.4. The molecule has 1 aliphatic carbocycles. The van der Waals surface area contributed by atoms with E-state index in [0.717, 1.165) is 32.1 Å². The fourth-order valence-electron chi connectivity index (χ4n) is 3.17. The molecule has 5 nitrogen and oxygen atoms in total. The third kappa shape index (κ3) is 2.75. The number of nitrogens with zero attached hydrogens (tertiary/aromatic N) is 2. The van der Waals surface area contributed by atoms with Gasteiger partial charge in [0.25, 0.3) is 5.72 Å². The Kier molecular flexibility index (Phi) is 3.95. The number of hydrazone groups is 1. The van der Waals surface area contributed by atoms with Crippen molar-refractivity contribution in [3.63, 3.8) is 0 Å². The van der Waals surface area contributed by atoms with Crippen LogP contribution in [-0.2, 0) is 0 Å². The van der Waals surface area contributed by atoms with Gasteiger partial charge in [0, 0.05) is 12.1 Å². The fourth-order valence-corrected chi connectivity index (χ4v) is 3.17. The lowest BCUT2D eigenvalue weighted by Crippen LogP contribution is -2.56. The van der Waals surface area contributed by atoms with Gasteiger partial charge in [-0.15, -0.1) is 0 Å². The Morgan fingerprint density at radius 1 is 1.35 bits per heavy atom. The van der Waals surface area contributed by atoms with Gasteiger partial charge in [-0.05, 0) is 30.9 Å². The van der Waals surface area contributed by atoms with E-state index in [1.54, 1.807) is 0 Å². The maximum absolute atomic E-state index is 13.4. The van der Waals surface area contributed by atoms with Crippen LogP contribution in [0.1, 0.15) is 49.1 Å². The quantitative estimate of drug-likeness (QED) is 0.905. The van der Waals surface area contributed by atoms with E-state index in [-0.39, 0.29) is 22.4 Å². The van der Waals surface area contributed by atoms with Crippen LogP contribution >= 0.6 is 0 Å². The molecule has 2 aliphatic rings. The fraction of sp³-hybridized carbons (Fsp3) is 0.600. The maximum Gasteiger partial charge on any atom is 0.438 e. The number of rotatable bonds is 2. The predicted molar refractivity (Wildman–Crippen MR) is 74.5 cm³/mol. The summed E-state index contributed by atoms with van der Waals surface area (Å²) in [6.45, 7) is 0. The van der Waals surface area contributed by atoms with Gasteiger partial charge in [0.2, 0.25) is 0 Å². The van der Waals surface area contributed by atoms with E-state index >= 15 is 0 Å². The first-order chi connectivity index (χ1) is 10.8. The minimum atomic E-state index is -5.00.